The average molecular weight is 264 g/mol. The summed E-state index contributed by atoms with van der Waals surface area (Å²) in [6.07, 6.45) is 1.02. The van der Waals surface area contributed by atoms with Crippen LogP contribution in [-0.4, -0.2) is 20.1 Å². The van der Waals surface area contributed by atoms with Gasteiger partial charge in [-0.15, -0.1) is 0 Å². The van der Waals surface area contributed by atoms with Crippen molar-refractivity contribution < 1.29 is 5.11 Å². The van der Waals surface area contributed by atoms with Gasteiger partial charge in [0.1, 0.15) is 10.8 Å². The van der Waals surface area contributed by atoms with Crippen molar-refractivity contribution >= 4 is 17.6 Å². The van der Waals surface area contributed by atoms with Gasteiger partial charge in [-0.25, -0.2) is 9.97 Å². The topological polar surface area (TPSA) is 105 Å². The highest BCUT2D eigenvalue weighted by Gasteiger charge is 2.06. The summed E-state index contributed by atoms with van der Waals surface area (Å²) < 4.78 is 0. The summed E-state index contributed by atoms with van der Waals surface area (Å²) in [6, 6.07) is 4.67. The highest BCUT2D eigenvalue weighted by atomic mass is 32.2. The molecule has 0 saturated heterocycles. The molecule has 0 amide bonds. The number of nitrogens with two attached hydrogens (primary N) is 1. The van der Waals surface area contributed by atoms with Gasteiger partial charge in [-0.2, -0.15) is 0 Å². The van der Waals surface area contributed by atoms with Gasteiger partial charge in [0.15, 0.2) is 5.16 Å². The first-order chi connectivity index (χ1) is 8.54. The zero-order valence-electron chi connectivity index (χ0n) is 9.62. The lowest BCUT2D eigenvalue weighted by Crippen LogP contribution is -2.09. The third-order valence-corrected chi connectivity index (χ3v) is 3.00. The zero-order valence-corrected chi connectivity index (χ0v) is 10.4. The first-order valence-electron chi connectivity index (χ1n) is 5.23. The third-order valence-electron chi connectivity index (χ3n) is 2.18. The van der Waals surface area contributed by atoms with E-state index in [0.29, 0.717) is 10.2 Å². The van der Waals surface area contributed by atoms with Gasteiger partial charge < -0.3 is 15.8 Å². The molecule has 0 aliphatic rings. The Kier molecular flexibility index (Phi) is 3.63. The number of pyridine rings is 1. The molecular weight excluding hydrogens is 252 g/mol. The van der Waals surface area contributed by atoms with Crippen molar-refractivity contribution in [2.75, 3.05) is 5.73 Å². The van der Waals surface area contributed by atoms with E-state index in [1.54, 1.807) is 25.3 Å². The number of hydrogen-bond donors (Lipinski definition) is 3. The minimum atomic E-state index is -0.569. The Hall–Kier alpha value is -1.86. The maximum atomic E-state index is 11.2. The van der Waals surface area contributed by atoms with Gasteiger partial charge in [0.25, 0.3) is 5.56 Å². The number of hydrogen-bond acceptors (Lipinski definition) is 6. The molecule has 0 aromatic carbocycles. The zero-order chi connectivity index (χ0) is 13.1. The Balaban J connectivity index is 2.28. The quantitative estimate of drug-likeness (QED) is 0.713. The van der Waals surface area contributed by atoms with Crippen LogP contribution in [0.3, 0.4) is 0 Å². The Morgan fingerprint density at radius 1 is 1.50 bits per heavy atom. The van der Waals surface area contributed by atoms with Crippen LogP contribution in [0.25, 0.3) is 0 Å². The number of aromatic amines is 1. The van der Waals surface area contributed by atoms with Crippen molar-refractivity contribution in [3.8, 4) is 0 Å². The van der Waals surface area contributed by atoms with Crippen LogP contribution in [-0.2, 0) is 0 Å². The lowest BCUT2D eigenvalue weighted by atomic mass is 10.2. The van der Waals surface area contributed by atoms with Crippen LogP contribution in [0.15, 0.2) is 39.4 Å². The van der Waals surface area contributed by atoms with Gasteiger partial charge in [-0.05, 0) is 36.4 Å². The number of aliphatic hydroxyl groups is 1. The second-order valence-electron chi connectivity index (χ2n) is 3.68. The molecule has 1 atom stereocenters. The number of anilines is 1. The highest BCUT2D eigenvalue weighted by molar-refractivity contribution is 7.99. The van der Waals surface area contributed by atoms with E-state index in [1.807, 2.05) is 0 Å². The SMILES string of the molecule is C[C@H](O)c1ccnc(Sc2nc(N)cc(=O)[nH]2)c1. The molecule has 2 aromatic rings. The van der Waals surface area contributed by atoms with E-state index in [4.69, 9.17) is 5.73 Å². The molecule has 0 saturated carbocycles. The largest absolute Gasteiger partial charge is 0.389 e. The van der Waals surface area contributed by atoms with Gasteiger partial charge in [0, 0.05) is 12.3 Å². The van der Waals surface area contributed by atoms with Crippen LogP contribution < -0.4 is 11.3 Å². The van der Waals surface area contributed by atoms with E-state index in [2.05, 4.69) is 15.0 Å². The minimum absolute atomic E-state index is 0.160. The summed E-state index contributed by atoms with van der Waals surface area (Å²) >= 11 is 1.18. The molecule has 6 nitrogen and oxygen atoms in total. The molecule has 94 valence electrons. The predicted octanol–water partition coefficient (Wildman–Crippen LogP) is 0.952. The van der Waals surface area contributed by atoms with Crippen molar-refractivity contribution in [1.29, 1.82) is 0 Å². The number of aromatic nitrogens is 3. The van der Waals surface area contributed by atoms with E-state index in [0.717, 1.165) is 5.56 Å². The number of aliphatic hydroxyl groups excluding tert-OH is 1. The predicted molar refractivity (Wildman–Crippen MR) is 68.3 cm³/mol. The summed E-state index contributed by atoms with van der Waals surface area (Å²) in [5.41, 5.74) is 5.93. The van der Waals surface area contributed by atoms with Crippen molar-refractivity contribution in [1.82, 2.24) is 15.0 Å². The molecule has 0 aliphatic heterocycles. The van der Waals surface area contributed by atoms with Gasteiger partial charge in [0.05, 0.1) is 6.10 Å². The number of nitrogen functional groups attached to an aromatic ring is 1. The van der Waals surface area contributed by atoms with Gasteiger partial charge in [0.2, 0.25) is 0 Å². The van der Waals surface area contributed by atoms with Crippen molar-refractivity contribution in [2.24, 2.45) is 0 Å². The molecule has 0 fully saturated rings. The molecule has 18 heavy (non-hydrogen) atoms. The molecule has 0 unspecified atom stereocenters. The van der Waals surface area contributed by atoms with Crippen molar-refractivity contribution in [3.63, 3.8) is 0 Å². The first-order valence-corrected chi connectivity index (χ1v) is 6.05. The third kappa shape index (κ3) is 3.08. The summed E-state index contributed by atoms with van der Waals surface area (Å²) in [7, 11) is 0. The molecule has 7 heteroatoms. The van der Waals surface area contributed by atoms with Crippen LogP contribution in [0.5, 0.6) is 0 Å². The summed E-state index contributed by atoms with van der Waals surface area (Å²) in [4.78, 5) is 21.9. The second kappa shape index (κ2) is 5.19. The van der Waals surface area contributed by atoms with Crippen molar-refractivity contribution in [3.05, 3.63) is 40.3 Å². The Labute approximate surface area is 107 Å². The smallest absolute Gasteiger partial charge is 0.253 e. The Bertz CT molecular complexity index is 612. The summed E-state index contributed by atoms with van der Waals surface area (Å²) in [5, 5.41) is 10.5. The fourth-order valence-corrected chi connectivity index (χ4v) is 2.15. The van der Waals surface area contributed by atoms with E-state index in [1.165, 1.54) is 17.8 Å². The summed E-state index contributed by atoms with van der Waals surface area (Å²) in [5.74, 6) is 0.160. The van der Waals surface area contributed by atoms with E-state index in [-0.39, 0.29) is 11.4 Å². The summed E-state index contributed by atoms with van der Waals surface area (Å²) in [6.45, 7) is 1.67. The fraction of sp³-hybridized carbons (Fsp3) is 0.182. The number of H-pyrrole nitrogens is 1. The van der Waals surface area contributed by atoms with Crippen molar-refractivity contribution in [2.45, 2.75) is 23.2 Å². The lowest BCUT2D eigenvalue weighted by Gasteiger charge is -2.06. The fourth-order valence-electron chi connectivity index (χ4n) is 1.34. The normalized spacial score (nSPS) is 12.3. The monoisotopic (exact) mass is 264 g/mol. The van der Waals surface area contributed by atoms with Crippen LogP contribution >= 0.6 is 11.8 Å². The molecule has 0 radical (unpaired) electrons. The van der Waals surface area contributed by atoms with E-state index >= 15 is 0 Å². The van der Waals surface area contributed by atoms with E-state index < -0.39 is 6.10 Å². The molecule has 2 heterocycles. The van der Waals surface area contributed by atoms with Gasteiger partial charge in [-0.1, -0.05) is 0 Å². The maximum absolute atomic E-state index is 11.2. The van der Waals surface area contributed by atoms with Gasteiger partial charge in [-0.3, -0.25) is 4.79 Å². The average Bonchev–Trinajstić information content (AvgIpc) is 2.27. The Morgan fingerprint density at radius 3 is 2.94 bits per heavy atom. The lowest BCUT2D eigenvalue weighted by molar-refractivity contribution is 0.199. The number of nitrogens with one attached hydrogen (secondary N) is 1. The first kappa shape index (κ1) is 12.6. The van der Waals surface area contributed by atoms with Crippen LogP contribution in [0.4, 0.5) is 5.82 Å². The van der Waals surface area contributed by atoms with Gasteiger partial charge >= 0.3 is 0 Å². The van der Waals surface area contributed by atoms with Crippen LogP contribution in [0.2, 0.25) is 0 Å². The van der Waals surface area contributed by atoms with E-state index in [9.17, 15) is 9.90 Å². The molecule has 2 aromatic heterocycles. The maximum Gasteiger partial charge on any atom is 0.253 e. The molecule has 0 spiro atoms. The molecule has 2 rings (SSSR count). The van der Waals surface area contributed by atoms with Crippen LogP contribution in [0.1, 0.15) is 18.6 Å². The minimum Gasteiger partial charge on any atom is -0.389 e. The molecule has 0 aliphatic carbocycles. The molecule has 0 bridgehead atoms. The number of rotatable bonds is 3. The van der Waals surface area contributed by atoms with Crippen LogP contribution in [0, 0.1) is 0 Å². The number of nitrogens with zero attached hydrogens (tertiary/aromatic N) is 2. The Morgan fingerprint density at radius 2 is 2.28 bits per heavy atom. The molecular formula is C11H12N4O2S. The standard InChI is InChI=1S/C11H12N4O2S/c1-6(16)7-2-3-13-10(4-7)18-11-14-8(12)5-9(17)15-11/h2-6,16H,1H3,(H3,12,14,15,17)/t6-/m0/s1. The second-order valence-corrected chi connectivity index (χ2v) is 4.69. The highest BCUT2D eigenvalue weighted by Crippen LogP contribution is 2.24. The molecule has 4 N–H and O–H groups in total.